The SMILES string of the molecule is CCCCc1cc2c(-c3ccc(C(C)(C)C)cc3)cccc2[cH-]1.CCCCc1cc2c(-c3ccc(C(C)(C)C)cc3)cccc2[cH-]1.C[CH]=[Ti]([Cl])[Cl]. The molecule has 0 saturated carbocycles. The molecule has 0 radical (unpaired) electrons. The second kappa shape index (κ2) is 18.8. The summed E-state index contributed by atoms with van der Waals surface area (Å²) in [6.45, 7) is 20.0. The van der Waals surface area contributed by atoms with E-state index < -0.39 is 15.3 Å². The third-order valence-corrected chi connectivity index (χ3v) is 12.1. The third-order valence-electron chi connectivity index (χ3n) is 9.60. The molecule has 0 N–H and O–H groups in total. The first-order valence-corrected chi connectivity index (χ1v) is 24.0. The van der Waals surface area contributed by atoms with Crippen LogP contribution in [0.3, 0.4) is 0 Å². The number of halogens is 2. The zero-order valence-electron chi connectivity index (χ0n) is 32.5. The number of fused-ring (bicyclic) bond motifs is 2. The third kappa shape index (κ3) is 11.6. The van der Waals surface area contributed by atoms with E-state index in [1.807, 2.05) is 11.2 Å². The summed E-state index contributed by atoms with van der Waals surface area (Å²) in [6, 6.07) is 41.0. The van der Waals surface area contributed by atoms with Crippen molar-refractivity contribution in [1.82, 2.24) is 0 Å². The van der Waals surface area contributed by atoms with Crippen molar-refractivity contribution in [2.45, 2.75) is 112 Å². The van der Waals surface area contributed by atoms with Gasteiger partial charge in [0.1, 0.15) is 0 Å². The minimum absolute atomic E-state index is 0.207. The Morgan fingerprint density at radius 2 is 0.922 bits per heavy atom. The van der Waals surface area contributed by atoms with Crippen LogP contribution < -0.4 is 0 Å². The van der Waals surface area contributed by atoms with Gasteiger partial charge in [0, 0.05) is 0 Å². The van der Waals surface area contributed by atoms with E-state index in [1.54, 1.807) is 0 Å². The predicted molar refractivity (Wildman–Crippen MR) is 228 cm³/mol. The Hall–Kier alpha value is -2.74. The van der Waals surface area contributed by atoms with Crippen LogP contribution in [0, 0.1) is 0 Å². The van der Waals surface area contributed by atoms with Gasteiger partial charge in [0.05, 0.1) is 0 Å². The molecule has 0 fully saturated rings. The normalized spacial score (nSPS) is 11.5. The van der Waals surface area contributed by atoms with E-state index in [0.717, 1.165) is 0 Å². The summed E-state index contributed by atoms with van der Waals surface area (Å²) in [5, 5.41) is 5.52. The van der Waals surface area contributed by atoms with Gasteiger partial charge in [0.25, 0.3) is 0 Å². The van der Waals surface area contributed by atoms with E-state index >= 15 is 0 Å². The van der Waals surface area contributed by atoms with Crippen LogP contribution in [0.5, 0.6) is 0 Å². The quantitative estimate of drug-likeness (QED) is 0.107. The van der Waals surface area contributed by atoms with Gasteiger partial charge in [-0.25, -0.2) is 0 Å². The first-order chi connectivity index (χ1) is 24.2. The Balaban J connectivity index is 0.000000202. The van der Waals surface area contributed by atoms with E-state index in [1.165, 1.54) is 105 Å². The number of hydrogen-bond acceptors (Lipinski definition) is 0. The molecule has 6 rings (SSSR count). The van der Waals surface area contributed by atoms with Crippen LogP contribution in [0.2, 0.25) is 0 Å². The van der Waals surface area contributed by atoms with Crippen molar-refractivity contribution in [2.24, 2.45) is 0 Å². The van der Waals surface area contributed by atoms with Gasteiger partial charge in [-0.2, -0.15) is 12.1 Å². The maximum atomic E-state index is 5.34. The monoisotopic (exact) mass is 752 g/mol. The molecule has 3 heteroatoms. The molecule has 0 heterocycles. The van der Waals surface area contributed by atoms with E-state index in [2.05, 4.69) is 165 Å². The molecule has 6 aromatic carbocycles. The standard InChI is InChI=1S/2C23H27.C2H4.2ClH.Ti/c2*1-5-6-8-17-15-19-9-7-10-21(22(19)16-17)18-11-13-20(14-12-18)23(2,3)4;1-2;;;/h2*7,9-16H,5-6,8H2,1-4H3;1H,2H3;2*1H;/q2*-1;;;;+2/p-2. The topological polar surface area (TPSA) is 0 Å². The zero-order chi connectivity index (χ0) is 37.2. The molecule has 0 aliphatic carbocycles. The first kappa shape index (κ1) is 41.0. The van der Waals surface area contributed by atoms with E-state index in [0.29, 0.717) is 0 Å². The van der Waals surface area contributed by atoms with Crippen LogP contribution in [0.15, 0.2) is 109 Å². The molecule has 0 nitrogen and oxygen atoms in total. The molecule has 0 unspecified atom stereocenters. The van der Waals surface area contributed by atoms with Crippen molar-refractivity contribution >= 4 is 44.5 Å². The Morgan fingerprint density at radius 1 is 0.569 bits per heavy atom. The molecule has 270 valence electrons. The van der Waals surface area contributed by atoms with E-state index in [4.69, 9.17) is 18.6 Å². The Bertz CT molecular complexity index is 1840. The molecule has 0 aromatic heterocycles. The van der Waals surface area contributed by atoms with Gasteiger partial charge in [0.15, 0.2) is 0 Å². The summed E-state index contributed by atoms with van der Waals surface area (Å²) in [6.07, 6.45) is 7.42. The van der Waals surface area contributed by atoms with Crippen molar-refractivity contribution in [2.75, 3.05) is 0 Å². The number of rotatable bonds is 8. The molecule has 0 aliphatic rings. The molecule has 0 bridgehead atoms. The number of aryl methyl sites for hydroxylation is 2. The summed E-state index contributed by atoms with van der Waals surface area (Å²) in [4.78, 5) is 0. The van der Waals surface area contributed by atoms with Gasteiger partial charge in [0.2, 0.25) is 0 Å². The average Bonchev–Trinajstić information content (AvgIpc) is 3.73. The van der Waals surface area contributed by atoms with Crippen LogP contribution in [0.25, 0.3) is 43.8 Å². The molecule has 0 spiro atoms. The van der Waals surface area contributed by atoms with E-state index in [-0.39, 0.29) is 10.8 Å². The predicted octanol–water partition coefficient (Wildman–Crippen LogP) is 15.5. The summed E-state index contributed by atoms with van der Waals surface area (Å²) in [5.41, 5.74) is 11.5. The van der Waals surface area contributed by atoms with Crippen molar-refractivity contribution in [3.8, 4) is 22.3 Å². The molecular formula is C48H58Cl2Ti-2. The fraction of sp³-hybridized carbons (Fsp3) is 0.354. The summed E-state index contributed by atoms with van der Waals surface area (Å²) in [7, 11) is 10.7. The van der Waals surface area contributed by atoms with Crippen LogP contribution in [0.1, 0.15) is 110 Å². The molecule has 6 aromatic rings. The van der Waals surface area contributed by atoms with Crippen molar-refractivity contribution in [3.05, 3.63) is 131 Å². The van der Waals surface area contributed by atoms with Crippen molar-refractivity contribution in [3.63, 3.8) is 0 Å². The molecule has 51 heavy (non-hydrogen) atoms. The zero-order valence-corrected chi connectivity index (χ0v) is 35.5. The van der Waals surface area contributed by atoms with Crippen molar-refractivity contribution in [1.29, 1.82) is 0 Å². The number of hydrogen-bond donors (Lipinski definition) is 0. The van der Waals surface area contributed by atoms with Gasteiger partial charge in [-0.15, -0.1) is 69.1 Å². The number of unbranched alkanes of at least 4 members (excludes halogenated alkanes) is 2. The van der Waals surface area contributed by atoms with Gasteiger partial charge in [-0.3, -0.25) is 0 Å². The molecule has 0 atom stereocenters. The second-order valence-corrected chi connectivity index (χ2v) is 21.7. The Kier molecular flexibility index (Phi) is 15.2. The van der Waals surface area contributed by atoms with Crippen molar-refractivity contribution < 1.29 is 15.3 Å². The maximum absolute atomic E-state index is 5.34. The van der Waals surface area contributed by atoms with Crippen LogP contribution in [-0.2, 0) is 39.0 Å². The van der Waals surface area contributed by atoms with Crippen LogP contribution >= 0.6 is 18.6 Å². The molecule has 0 saturated heterocycles. The van der Waals surface area contributed by atoms with Crippen LogP contribution in [0.4, 0.5) is 0 Å². The van der Waals surface area contributed by atoms with Gasteiger partial charge in [-0.05, 0) is 45.9 Å². The summed E-state index contributed by atoms with van der Waals surface area (Å²) >= 11 is -1.54. The van der Waals surface area contributed by atoms with Crippen LogP contribution in [-0.4, -0.2) is 4.31 Å². The molecule has 0 aliphatic heterocycles. The fourth-order valence-electron chi connectivity index (χ4n) is 6.45. The van der Waals surface area contributed by atoms with E-state index in [9.17, 15) is 0 Å². The number of benzene rings is 4. The Morgan fingerprint density at radius 3 is 1.22 bits per heavy atom. The summed E-state index contributed by atoms with van der Waals surface area (Å²) in [5.74, 6) is 0. The fourth-order valence-corrected chi connectivity index (χ4v) is 6.45. The van der Waals surface area contributed by atoms with Gasteiger partial charge >= 0.3 is 45.1 Å². The van der Waals surface area contributed by atoms with Gasteiger partial charge < -0.3 is 0 Å². The first-order valence-electron chi connectivity index (χ1n) is 18.8. The average molecular weight is 754 g/mol. The second-order valence-electron chi connectivity index (χ2n) is 15.8. The minimum atomic E-state index is -1.54. The summed E-state index contributed by atoms with van der Waals surface area (Å²) < 4.78 is 1.86. The van der Waals surface area contributed by atoms with Gasteiger partial charge in [-0.1, -0.05) is 153 Å². The molecular weight excluding hydrogens is 695 g/mol. The molecule has 0 amide bonds. The Labute approximate surface area is 323 Å².